The molecule has 1 aliphatic heterocycles. The Labute approximate surface area is 223 Å². The van der Waals surface area contributed by atoms with Crippen molar-refractivity contribution in [2.75, 3.05) is 24.3 Å². The van der Waals surface area contributed by atoms with Gasteiger partial charge in [-0.05, 0) is 76.4 Å². The van der Waals surface area contributed by atoms with Crippen molar-refractivity contribution in [1.82, 2.24) is 14.9 Å². The molecule has 3 aromatic rings. The summed E-state index contributed by atoms with van der Waals surface area (Å²) in [7, 11) is 1.63. The van der Waals surface area contributed by atoms with Crippen LogP contribution in [0.15, 0.2) is 60.9 Å². The topological polar surface area (TPSA) is 106 Å². The molecule has 1 aromatic heterocycles. The SMILES string of the molecule is COc1ccccc1-c1cc(Nc2ccc(NC(=O)CC3CCCCN3C(=O)OC(C)(C)C)cc2)ncn1. The van der Waals surface area contributed by atoms with Crippen LogP contribution in [0.2, 0.25) is 0 Å². The molecule has 0 saturated carbocycles. The number of nitrogens with one attached hydrogen (secondary N) is 2. The molecule has 9 nitrogen and oxygen atoms in total. The zero-order valence-electron chi connectivity index (χ0n) is 22.4. The van der Waals surface area contributed by atoms with E-state index in [0.29, 0.717) is 18.1 Å². The summed E-state index contributed by atoms with van der Waals surface area (Å²) in [5.41, 5.74) is 2.54. The van der Waals surface area contributed by atoms with E-state index >= 15 is 0 Å². The van der Waals surface area contributed by atoms with Crippen LogP contribution < -0.4 is 15.4 Å². The minimum absolute atomic E-state index is 0.136. The van der Waals surface area contributed by atoms with E-state index in [4.69, 9.17) is 9.47 Å². The van der Waals surface area contributed by atoms with Crippen LogP contribution in [-0.4, -0.2) is 52.2 Å². The quantitative estimate of drug-likeness (QED) is 0.395. The number of rotatable bonds is 7. The summed E-state index contributed by atoms with van der Waals surface area (Å²) in [4.78, 5) is 35.8. The van der Waals surface area contributed by atoms with E-state index in [0.717, 1.165) is 42.0 Å². The molecule has 2 aromatic carbocycles. The molecule has 1 aliphatic rings. The molecule has 200 valence electrons. The molecule has 1 atom stereocenters. The number of hydrogen-bond acceptors (Lipinski definition) is 7. The van der Waals surface area contributed by atoms with Gasteiger partial charge < -0.3 is 25.0 Å². The molecule has 1 unspecified atom stereocenters. The fraction of sp³-hybridized carbons (Fsp3) is 0.379. The predicted octanol–water partition coefficient (Wildman–Crippen LogP) is 6.01. The number of benzene rings is 2. The van der Waals surface area contributed by atoms with Gasteiger partial charge in [0.25, 0.3) is 0 Å². The average molecular weight is 518 g/mol. The molecule has 2 heterocycles. The number of aromatic nitrogens is 2. The average Bonchev–Trinajstić information content (AvgIpc) is 2.89. The smallest absolute Gasteiger partial charge is 0.410 e. The zero-order chi connectivity index (χ0) is 27.1. The van der Waals surface area contributed by atoms with Crippen LogP contribution >= 0.6 is 0 Å². The van der Waals surface area contributed by atoms with Gasteiger partial charge in [-0.1, -0.05) is 12.1 Å². The molecular formula is C29H35N5O4. The third-order valence-electron chi connectivity index (χ3n) is 6.17. The molecule has 1 saturated heterocycles. The van der Waals surface area contributed by atoms with E-state index in [2.05, 4.69) is 20.6 Å². The summed E-state index contributed by atoms with van der Waals surface area (Å²) in [5, 5.41) is 6.22. The number of ether oxygens (including phenoxy) is 2. The standard InChI is InChI=1S/C29H35N5O4/c1-29(2,3)38-28(36)34-16-8-7-9-22(34)17-27(35)33-21-14-12-20(13-15-21)32-26-18-24(30-19-31-26)23-10-5-6-11-25(23)37-4/h5-6,10-15,18-19,22H,7-9,16-17H2,1-4H3,(H,33,35)(H,30,31,32). The van der Waals surface area contributed by atoms with Crippen molar-refractivity contribution in [3.63, 3.8) is 0 Å². The van der Waals surface area contributed by atoms with E-state index in [-0.39, 0.29) is 24.5 Å². The summed E-state index contributed by atoms with van der Waals surface area (Å²) < 4.78 is 11.0. The molecule has 0 radical (unpaired) electrons. The largest absolute Gasteiger partial charge is 0.496 e. The van der Waals surface area contributed by atoms with Gasteiger partial charge in [0.1, 0.15) is 23.5 Å². The van der Waals surface area contributed by atoms with Crippen LogP contribution in [0.25, 0.3) is 11.3 Å². The molecule has 38 heavy (non-hydrogen) atoms. The first-order valence-corrected chi connectivity index (χ1v) is 12.8. The van der Waals surface area contributed by atoms with Crippen molar-refractivity contribution in [2.24, 2.45) is 0 Å². The highest BCUT2D eigenvalue weighted by Crippen LogP contribution is 2.29. The van der Waals surface area contributed by atoms with Crippen LogP contribution in [0.4, 0.5) is 22.0 Å². The number of amides is 2. The lowest BCUT2D eigenvalue weighted by Crippen LogP contribution is -2.47. The van der Waals surface area contributed by atoms with E-state index in [1.54, 1.807) is 12.0 Å². The summed E-state index contributed by atoms with van der Waals surface area (Å²) in [5.74, 6) is 1.24. The number of likely N-dealkylation sites (tertiary alicyclic amines) is 1. The van der Waals surface area contributed by atoms with E-state index in [1.165, 1.54) is 6.33 Å². The molecule has 0 bridgehead atoms. The number of hydrogen-bond donors (Lipinski definition) is 2. The maximum absolute atomic E-state index is 12.8. The van der Waals surface area contributed by atoms with Crippen LogP contribution in [0, 0.1) is 0 Å². The highest BCUT2D eigenvalue weighted by atomic mass is 16.6. The third kappa shape index (κ3) is 7.21. The second-order valence-corrected chi connectivity index (χ2v) is 10.3. The Balaban J connectivity index is 1.36. The number of nitrogens with zero attached hydrogens (tertiary/aromatic N) is 3. The summed E-state index contributed by atoms with van der Waals surface area (Å²) in [6.07, 6.45) is 4.06. The number of anilines is 3. The number of methoxy groups -OCH3 is 1. The molecule has 0 aliphatic carbocycles. The van der Waals surface area contributed by atoms with Crippen molar-refractivity contribution >= 4 is 29.2 Å². The molecule has 0 spiro atoms. The first-order chi connectivity index (χ1) is 18.2. The predicted molar refractivity (Wildman–Crippen MR) is 148 cm³/mol. The van der Waals surface area contributed by atoms with Crippen molar-refractivity contribution < 1.29 is 19.1 Å². The third-order valence-corrected chi connectivity index (χ3v) is 6.17. The zero-order valence-corrected chi connectivity index (χ0v) is 22.4. The van der Waals surface area contributed by atoms with E-state index < -0.39 is 5.60 Å². The van der Waals surface area contributed by atoms with Gasteiger partial charge in [0.2, 0.25) is 5.91 Å². The van der Waals surface area contributed by atoms with Gasteiger partial charge in [-0.3, -0.25) is 4.79 Å². The minimum atomic E-state index is -0.571. The lowest BCUT2D eigenvalue weighted by Gasteiger charge is -2.36. The number of carbonyl (C=O) groups excluding carboxylic acids is 2. The lowest BCUT2D eigenvalue weighted by molar-refractivity contribution is -0.117. The Kier molecular flexibility index (Phi) is 8.45. The molecule has 2 amide bonds. The van der Waals surface area contributed by atoms with Crippen LogP contribution in [0.3, 0.4) is 0 Å². The number of carbonyl (C=O) groups is 2. The molecular weight excluding hydrogens is 482 g/mol. The van der Waals surface area contributed by atoms with Crippen LogP contribution in [0.5, 0.6) is 5.75 Å². The van der Waals surface area contributed by atoms with Gasteiger partial charge in [0, 0.05) is 42.0 Å². The van der Waals surface area contributed by atoms with Crippen molar-refractivity contribution in [3.05, 3.63) is 60.9 Å². The van der Waals surface area contributed by atoms with Crippen molar-refractivity contribution in [2.45, 2.75) is 58.1 Å². The normalized spacial score (nSPS) is 15.5. The molecule has 1 fully saturated rings. The maximum atomic E-state index is 12.8. The van der Waals surface area contributed by atoms with Crippen LogP contribution in [0.1, 0.15) is 46.5 Å². The van der Waals surface area contributed by atoms with Gasteiger partial charge in [-0.15, -0.1) is 0 Å². The maximum Gasteiger partial charge on any atom is 0.410 e. The van der Waals surface area contributed by atoms with Gasteiger partial charge in [-0.25, -0.2) is 14.8 Å². The monoisotopic (exact) mass is 517 g/mol. The molecule has 2 N–H and O–H groups in total. The highest BCUT2D eigenvalue weighted by molar-refractivity contribution is 5.91. The second kappa shape index (κ2) is 11.9. The fourth-order valence-electron chi connectivity index (χ4n) is 4.41. The number of para-hydroxylation sites is 1. The first-order valence-electron chi connectivity index (χ1n) is 12.8. The minimum Gasteiger partial charge on any atom is -0.496 e. The second-order valence-electron chi connectivity index (χ2n) is 10.3. The van der Waals surface area contributed by atoms with Gasteiger partial charge in [-0.2, -0.15) is 0 Å². The van der Waals surface area contributed by atoms with Crippen LogP contribution in [-0.2, 0) is 9.53 Å². The van der Waals surface area contributed by atoms with E-state index in [9.17, 15) is 9.59 Å². The van der Waals surface area contributed by atoms with Gasteiger partial charge in [0.15, 0.2) is 0 Å². The molecule has 9 heteroatoms. The first kappa shape index (κ1) is 26.9. The Morgan fingerprint density at radius 1 is 1.03 bits per heavy atom. The Morgan fingerprint density at radius 2 is 1.76 bits per heavy atom. The Bertz CT molecular complexity index is 1260. The Hall–Kier alpha value is -4.14. The highest BCUT2D eigenvalue weighted by Gasteiger charge is 2.31. The Morgan fingerprint density at radius 3 is 2.50 bits per heavy atom. The van der Waals surface area contributed by atoms with E-state index in [1.807, 2.05) is 75.4 Å². The van der Waals surface area contributed by atoms with Gasteiger partial charge in [0.05, 0.1) is 12.8 Å². The molecule has 4 rings (SSSR count). The summed E-state index contributed by atoms with van der Waals surface area (Å²) in [6, 6.07) is 16.8. The lowest BCUT2D eigenvalue weighted by atomic mass is 9.99. The summed E-state index contributed by atoms with van der Waals surface area (Å²) in [6.45, 7) is 6.15. The van der Waals surface area contributed by atoms with Gasteiger partial charge >= 0.3 is 6.09 Å². The fourth-order valence-corrected chi connectivity index (χ4v) is 4.41. The van der Waals surface area contributed by atoms with Crippen molar-refractivity contribution in [1.29, 1.82) is 0 Å². The summed E-state index contributed by atoms with van der Waals surface area (Å²) >= 11 is 0. The van der Waals surface area contributed by atoms with Crippen molar-refractivity contribution in [3.8, 4) is 17.0 Å². The number of piperidine rings is 1.